The van der Waals surface area contributed by atoms with Gasteiger partial charge < -0.3 is 30.1 Å². The van der Waals surface area contributed by atoms with E-state index in [1.807, 2.05) is 0 Å². The number of Topliss-reactive ketones (excluding diaryl/α,β-unsaturated/α-hetero) is 2. The Kier molecular flexibility index (Phi) is 10.9. The van der Waals surface area contributed by atoms with Crippen molar-refractivity contribution in [2.45, 2.75) is 77.1 Å². The average molecular weight is 676 g/mol. The highest BCUT2D eigenvalue weighted by Gasteiger charge is 2.74. The molecule has 4 aliphatic rings. The maximum atomic E-state index is 15.1. The van der Waals surface area contributed by atoms with E-state index in [1.165, 1.54) is 31.2 Å². The number of cyclic esters (lactones) is 1. The van der Waals surface area contributed by atoms with E-state index in [2.05, 4.69) is 5.32 Å². The summed E-state index contributed by atoms with van der Waals surface area (Å²) in [6.07, 6.45) is 8.33. The zero-order chi connectivity index (χ0) is 34.8. The number of esters is 2. The van der Waals surface area contributed by atoms with Gasteiger partial charge in [-0.1, -0.05) is 44.2 Å². The molecule has 47 heavy (non-hydrogen) atoms. The number of carbonyl (C=O) groups excluding carboxylic acids is 5. The van der Waals surface area contributed by atoms with Crippen molar-refractivity contribution in [1.29, 1.82) is 0 Å². The van der Waals surface area contributed by atoms with Crippen molar-refractivity contribution < 1.29 is 58.4 Å². The molecule has 14 heteroatoms. The topological polar surface area (TPSA) is 211 Å². The smallest absolute Gasteiger partial charge is 0.329 e. The van der Waals surface area contributed by atoms with Crippen LogP contribution in [0.2, 0.25) is 0 Å². The van der Waals surface area contributed by atoms with Crippen LogP contribution in [0.3, 0.4) is 0 Å². The number of aliphatic hydroxyl groups excluding tert-OH is 1. The van der Waals surface area contributed by atoms with Crippen LogP contribution in [0.1, 0.15) is 53.4 Å². The van der Waals surface area contributed by atoms with Crippen LogP contribution in [0.4, 0.5) is 0 Å². The number of fused-ring (bicyclic) bond motifs is 3. The van der Waals surface area contributed by atoms with Gasteiger partial charge in [0, 0.05) is 42.9 Å². The molecular weight excluding hydrogens is 634 g/mol. The van der Waals surface area contributed by atoms with E-state index in [9.17, 15) is 39.0 Å². The Hall–Kier alpha value is -3.78. The lowest BCUT2D eigenvalue weighted by Gasteiger charge is -2.60. The van der Waals surface area contributed by atoms with Crippen molar-refractivity contribution in [2.24, 2.45) is 40.4 Å². The van der Waals surface area contributed by atoms with E-state index in [0.717, 1.165) is 13.0 Å². The largest absolute Gasteiger partial charge is 0.480 e. The zero-order valence-corrected chi connectivity index (χ0v) is 27.4. The molecule has 0 bridgehead atoms. The van der Waals surface area contributed by atoms with E-state index < -0.39 is 93.6 Å². The van der Waals surface area contributed by atoms with Crippen LogP contribution in [0, 0.1) is 40.4 Å². The minimum atomic E-state index is -2.27. The highest BCUT2D eigenvalue weighted by atomic mass is 32.2. The van der Waals surface area contributed by atoms with Crippen LogP contribution in [-0.2, 0) is 43.0 Å². The second kappa shape index (κ2) is 14.1. The molecule has 1 aliphatic heterocycles. The van der Waals surface area contributed by atoms with E-state index in [1.54, 1.807) is 19.9 Å². The fourth-order valence-corrected chi connectivity index (χ4v) is 9.26. The van der Waals surface area contributed by atoms with Gasteiger partial charge in [0.25, 0.3) is 0 Å². The lowest BCUT2D eigenvalue weighted by Crippen LogP contribution is -2.66. The summed E-state index contributed by atoms with van der Waals surface area (Å²) in [4.78, 5) is 89.4. The molecular formula is C33H41NO12S. The number of thioether (sulfide) groups is 1. The highest BCUT2D eigenvalue weighted by molar-refractivity contribution is 8.00. The SMILES string of the molecule is CC(=O)N[C@H](CSC1OC(=O)[C@@]2(C1=O)C(=O)[C@@]1(C)[C@@H](CC[C@H]3[C@H](O)[C@@H](C)[C@H](OC(C)=O)C[C@@H]31)C[C@H]2/C=C/C=C/C=C/C(=O)O)C(=O)O. The molecule has 256 valence electrons. The monoisotopic (exact) mass is 675 g/mol. The first-order chi connectivity index (χ1) is 22.1. The molecule has 0 aromatic carbocycles. The molecule has 3 saturated carbocycles. The lowest BCUT2D eigenvalue weighted by molar-refractivity contribution is -0.192. The predicted octanol–water partition coefficient (Wildman–Crippen LogP) is 2.07. The Bertz CT molecular complexity index is 1420. The standard InChI is InChI=1S/C33H41NO12S/c1-16-24(45-18(3)36)14-22-21(26(16)39)12-11-19-13-20(9-7-5-6-8-10-25(37)38)33(30(43)32(19,22)4)27(40)29(46-31(33)44)47-15-23(28(41)42)34-17(2)35/h5-10,16,19-24,26,29,39H,11-15H2,1-4H3,(H,34,35)(H,37,38)(H,41,42)/b6-5+,9-7+,10-8+/t16-,19-,20+,21+,22-,23+,24+,26+,29?,32-,33-/m0/s1. The van der Waals surface area contributed by atoms with Gasteiger partial charge in [-0.05, 0) is 43.4 Å². The van der Waals surface area contributed by atoms with Gasteiger partial charge in [0.15, 0.2) is 11.2 Å². The minimum absolute atomic E-state index is 0.243. The van der Waals surface area contributed by atoms with Crippen LogP contribution in [-0.4, -0.2) is 86.1 Å². The van der Waals surface area contributed by atoms with Crippen molar-refractivity contribution in [3.63, 3.8) is 0 Å². The third-order valence-corrected chi connectivity index (χ3v) is 11.6. The predicted molar refractivity (Wildman–Crippen MR) is 166 cm³/mol. The Balaban J connectivity index is 1.75. The molecule has 13 nitrogen and oxygen atoms in total. The van der Waals surface area contributed by atoms with Gasteiger partial charge >= 0.3 is 23.9 Å². The molecule has 0 aromatic rings. The Morgan fingerprint density at radius 1 is 1.06 bits per heavy atom. The molecule has 1 heterocycles. The summed E-state index contributed by atoms with van der Waals surface area (Å²) in [7, 11) is 0. The number of hydrogen-bond donors (Lipinski definition) is 4. The highest BCUT2D eigenvalue weighted by Crippen LogP contribution is 2.64. The summed E-state index contributed by atoms with van der Waals surface area (Å²) < 4.78 is 11.1. The van der Waals surface area contributed by atoms with Crippen LogP contribution in [0.5, 0.6) is 0 Å². The quantitative estimate of drug-likeness (QED) is 0.113. The second-order valence-corrected chi connectivity index (χ2v) is 14.1. The number of allylic oxidation sites excluding steroid dienone is 5. The van der Waals surface area contributed by atoms with Crippen LogP contribution >= 0.6 is 11.8 Å². The maximum absolute atomic E-state index is 15.1. The van der Waals surface area contributed by atoms with Gasteiger partial charge in [0.05, 0.1) is 6.10 Å². The number of carboxylic acids is 2. The second-order valence-electron chi connectivity index (χ2n) is 13.0. The van der Waals surface area contributed by atoms with E-state index in [-0.39, 0.29) is 30.4 Å². The number of amides is 1. The molecule has 11 atom stereocenters. The minimum Gasteiger partial charge on any atom is -0.480 e. The normalized spacial score (nSPS) is 37.5. The summed E-state index contributed by atoms with van der Waals surface area (Å²) in [6, 6.07) is -1.38. The fraction of sp³-hybridized carbons (Fsp3) is 0.606. The van der Waals surface area contributed by atoms with Gasteiger partial charge in [-0.3, -0.25) is 24.0 Å². The zero-order valence-electron chi connectivity index (χ0n) is 26.6. The molecule has 0 radical (unpaired) electrons. The summed E-state index contributed by atoms with van der Waals surface area (Å²) in [5.41, 5.74) is -5.07. The van der Waals surface area contributed by atoms with Crippen LogP contribution in [0.25, 0.3) is 0 Å². The summed E-state index contributed by atoms with van der Waals surface area (Å²) in [6.45, 7) is 5.93. The number of ketones is 2. The van der Waals surface area contributed by atoms with Gasteiger partial charge in [-0.15, -0.1) is 11.8 Å². The number of ether oxygens (including phenoxy) is 2. The van der Waals surface area contributed by atoms with E-state index in [0.29, 0.717) is 24.6 Å². The summed E-state index contributed by atoms with van der Waals surface area (Å²) >= 11 is 0.702. The van der Waals surface area contributed by atoms with E-state index >= 15 is 4.79 Å². The van der Waals surface area contributed by atoms with Gasteiger partial charge in [0.1, 0.15) is 12.1 Å². The molecule has 1 saturated heterocycles. The van der Waals surface area contributed by atoms with Crippen molar-refractivity contribution in [3.05, 3.63) is 36.5 Å². The van der Waals surface area contributed by atoms with Crippen molar-refractivity contribution in [2.75, 3.05) is 5.75 Å². The molecule has 1 amide bonds. The number of nitrogens with one attached hydrogen (secondary N) is 1. The summed E-state index contributed by atoms with van der Waals surface area (Å²) in [5.74, 6) is -8.96. The van der Waals surface area contributed by atoms with Gasteiger partial charge in [0.2, 0.25) is 17.1 Å². The molecule has 4 N–H and O–H groups in total. The Morgan fingerprint density at radius 2 is 1.74 bits per heavy atom. The Morgan fingerprint density at radius 3 is 2.36 bits per heavy atom. The summed E-state index contributed by atoms with van der Waals surface area (Å²) in [5, 5.41) is 32.0. The number of rotatable bonds is 10. The third-order valence-electron chi connectivity index (χ3n) is 10.4. The molecule has 1 unspecified atom stereocenters. The first-order valence-electron chi connectivity index (χ1n) is 15.6. The van der Waals surface area contributed by atoms with Crippen molar-refractivity contribution in [1.82, 2.24) is 5.32 Å². The van der Waals surface area contributed by atoms with Crippen LogP contribution in [0.15, 0.2) is 36.5 Å². The first kappa shape index (κ1) is 36.1. The fourth-order valence-electron chi connectivity index (χ4n) is 8.18. The van der Waals surface area contributed by atoms with Crippen molar-refractivity contribution >= 4 is 53.1 Å². The molecule has 1 spiro atoms. The number of aliphatic hydroxyl groups is 1. The lowest BCUT2D eigenvalue weighted by atomic mass is 9.42. The molecule has 3 aliphatic carbocycles. The average Bonchev–Trinajstić information content (AvgIpc) is 3.23. The molecule has 4 fully saturated rings. The van der Waals surface area contributed by atoms with Crippen molar-refractivity contribution in [3.8, 4) is 0 Å². The number of carboxylic acid groups (broad SMARTS) is 2. The molecule has 0 aromatic heterocycles. The Labute approximate surface area is 276 Å². The number of carbonyl (C=O) groups is 7. The third kappa shape index (κ3) is 6.67. The van der Waals surface area contributed by atoms with Gasteiger partial charge in [-0.2, -0.15) is 0 Å². The molecule has 4 rings (SSSR count). The van der Waals surface area contributed by atoms with Crippen LogP contribution < -0.4 is 5.32 Å². The first-order valence-corrected chi connectivity index (χ1v) is 16.6. The number of hydrogen-bond acceptors (Lipinski definition) is 11. The van der Waals surface area contributed by atoms with E-state index in [4.69, 9.17) is 14.6 Å². The maximum Gasteiger partial charge on any atom is 0.329 e. The van der Waals surface area contributed by atoms with Gasteiger partial charge in [-0.25, -0.2) is 9.59 Å². The number of aliphatic carboxylic acids is 2.